The predicted molar refractivity (Wildman–Crippen MR) is 20.7 cm³/mol. The van der Waals surface area contributed by atoms with E-state index >= 15 is 0 Å². The lowest BCUT2D eigenvalue weighted by Crippen LogP contribution is -1.32. The fraction of sp³-hybridized carbons (Fsp3) is 1.00. The van der Waals surface area contributed by atoms with E-state index in [1.54, 1.807) is 0 Å². The van der Waals surface area contributed by atoms with Gasteiger partial charge in [0.25, 0.3) is 0 Å². The Morgan fingerprint density at radius 2 is 1.75 bits per heavy atom. The summed E-state index contributed by atoms with van der Waals surface area (Å²) in [4.78, 5) is 0. The van der Waals surface area contributed by atoms with Crippen LogP contribution in [0.2, 0.25) is 0 Å². The molecule has 0 rings (SSSR count). The molecule has 0 saturated carbocycles. The van der Waals surface area contributed by atoms with E-state index < -0.39 is 0 Å². The highest BCUT2D eigenvalue weighted by atomic mass is 32.1. The van der Waals surface area contributed by atoms with Crippen molar-refractivity contribution in [3.8, 4) is 0 Å². The molecule has 0 N–H and O–H groups in total. The van der Waals surface area contributed by atoms with Gasteiger partial charge in [0.2, 0.25) is 6.26 Å². The maximum absolute atomic E-state index is 8.85. The Hall–Kier alpha value is 0.0200. The summed E-state index contributed by atoms with van der Waals surface area (Å²) in [6, 6.07) is 0. The molecule has 0 heterocycles. The molecule has 0 radical (unpaired) electrons. The maximum atomic E-state index is 8.85. The lowest BCUT2D eigenvalue weighted by Gasteiger charge is -0.931. The molecule has 0 aromatic heterocycles. The molecule has 0 saturated heterocycles. The van der Waals surface area contributed by atoms with Crippen molar-refractivity contribution in [2.24, 2.45) is 0 Å². The Balaban J connectivity index is 0. The van der Waals surface area contributed by atoms with Gasteiger partial charge >= 0.3 is 11.7 Å². The Morgan fingerprint density at radius 3 is 1.75 bits per heavy atom. The average molecular weight is 79.1 g/mol. The highest BCUT2D eigenvalue weighted by Crippen LogP contribution is 1.14. The highest BCUT2D eigenvalue weighted by Gasteiger charge is 1.54. The van der Waals surface area contributed by atoms with Gasteiger partial charge < -0.3 is 0 Å². The molecule has 4 heavy (non-hydrogen) atoms. The van der Waals surface area contributed by atoms with Crippen LogP contribution < -0.4 is 0 Å². The van der Waals surface area contributed by atoms with Crippen LogP contribution in [0.4, 0.5) is 0 Å². The summed E-state index contributed by atoms with van der Waals surface area (Å²) in [5, 5.41) is 0. The molecule has 26 valence electrons. The van der Waals surface area contributed by atoms with Crippen LogP contribution in [0.15, 0.2) is 0 Å². The molecular weight excluding hydrogens is 72.1 g/mol. The van der Waals surface area contributed by atoms with Crippen LogP contribution in [0.1, 0.15) is 7.43 Å². The van der Waals surface area contributed by atoms with Gasteiger partial charge in [0.05, 0.1) is 0 Å². The lowest BCUT2D eigenvalue weighted by molar-refractivity contribution is 0.607. The first-order chi connectivity index (χ1) is 1.41. The highest BCUT2D eigenvalue weighted by molar-refractivity contribution is 7.64. The second kappa shape index (κ2) is 11.8. The van der Waals surface area contributed by atoms with Crippen molar-refractivity contribution >= 4 is 11.7 Å². The van der Waals surface area contributed by atoms with Gasteiger partial charge in [-0.05, 0) is 0 Å². The predicted octanol–water partition coefficient (Wildman–Crippen LogP) is 0.680. The first-order valence-electron chi connectivity index (χ1n) is 0.575. The zero-order valence-electron chi connectivity index (χ0n) is 1.82. The Kier molecular flexibility index (Phi) is 26.6. The maximum Gasteiger partial charge on any atom is 0.455 e. The fourth-order valence-corrected chi connectivity index (χ4v) is 0. The zero-order chi connectivity index (χ0) is 2.71. The quantitative estimate of drug-likeness (QED) is 0.390. The van der Waals surface area contributed by atoms with E-state index in [2.05, 4.69) is 0 Å². The largest absolute Gasteiger partial charge is 0.455 e. The Bertz CT molecular complexity index is 13.5. The van der Waals surface area contributed by atoms with E-state index in [-0.39, 0.29) is 7.43 Å². The van der Waals surface area contributed by atoms with Gasteiger partial charge in [-0.1, -0.05) is 7.43 Å². The smallest absolute Gasteiger partial charge is 0.0776 e. The summed E-state index contributed by atoms with van der Waals surface area (Å²) in [6.07, 6.45) is 1.49. The van der Waals surface area contributed by atoms with Gasteiger partial charge in [-0.2, -0.15) is 0 Å². The summed E-state index contributed by atoms with van der Waals surface area (Å²) in [7, 11) is 0. The van der Waals surface area contributed by atoms with Gasteiger partial charge in [-0.25, -0.2) is 0 Å². The first kappa shape index (κ1) is 8.99. The molecular formula is C2H7OS+. The van der Waals surface area contributed by atoms with Gasteiger partial charge in [0.1, 0.15) is 0 Å². The van der Waals surface area contributed by atoms with Crippen LogP contribution in [-0.4, -0.2) is 6.26 Å². The molecule has 0 aliphatic heterocycles. The third-order valence-electron chi connectivity index (χ3n) is 0. The molecule has 0 aromatic carbocycles. The van der Waals surface area contributed by atoms with Crippen molar-refractivity contribution in [2.45, 2.75) is 7.43 Å². The normalized spacial score (nSPS) is 3.25. The van der Waals surface area contributed by atoms with Crippen molar-refractivity contribution in [3.05, 3.63) is 0 Å². The van der Waals surface area contributed by atoms with Crippen molar-refractivity contribution in [3.63, 3.8) is 0 Å². The van der Waals surface area contributed by atoms with Crippen LogP contribution in [0.3, 0.4) is 0 Å². The number of rotatable bonds is 0. The second-order valence-electron chi connectivity index (χ2n) is 0.167. The van der Waals surface area contributed by atoms with Crippen LogP contribution >= 0.6 is 0 Å². The average Bonchev–Trinajstić information content (AvgIpc) is 0.918. The molecule has 0 aliphatic carbocycles. The Morgan fingerprint density at radius 1 is 1.75 bits per heavy atom. The molecule has 0 amide bonds. The van der Waals surface area contributed by atoms with Crippen molar-refractivity contribution < 1.29 is 4.21 Å². The zero-order valence-corrected chi connectivity index (χ0v) is 2.63. The Labute approximate surface area is 30.5 Å². The summed E-state index contributed by atoms with van der Waals surface area (Å²) >= 11 is 0.500. The molecule has 0 fully saturated rings. The van der Waals surface area contributed by atoms with E-state index in [0.29, 0.717) is 11.7 Å². The minimum atomic E-state index is 0. The fourth-order valence-electron chi connectivity index (χ4n) is 0. The topological polar surface area (TPSA) is 17.1 Å². The molecule has 0 atom stereocenters. The molecule has 0 aromatic rings. The third-order valence-corrected chi connectivity index (χ3v) is 0. The number of hydrogen-bond donors (Lipinski definition) is 0. The van der Waals surface area contributed by atoms with Crippen molar-refractivity contribution in [1.29, 1.82) is 0 Å². The third kappa shape index (κ3) is 5250. The monoisotopic (exact) mass is 79.0 g/mol. The first-order valence-corrected chi connectivity index (χ1v) is 1.72. The van der Waals surface area contributed by atoms with Crippen molar-refractivity contribution in [2.75, 3.05) is 6.26 Å². The molecule has 0 bridgehead atoms. The summed E-state index contributed by atoms with van der Waals surface area (Å²) in [6.45, 7) is 0. The molecule has 2 heteroatoms. The van der Waals surface area contributed by atoms with Crippen LogP contribution in [0, 0.1) is 0 Å². The minimum absolute atomic E-state index is 0. The van der Waals surface area contributed by atoms with E-state index in [4.69, 9.17) is 4.21 Å². The van der Waals surface area contributed by atoms with Crippen LogP contribution in [-0.2, 0) is 15.9 Å². The summed E-state index contributed by atoms with van der Waals surface area (Å²) in [5.41, 5.74) is 0. The second-order valence-corrected chi connectivity index (χ2v) is 0.500. The standard InChI is InChI=1S/CH3OS.CH4/c1-3-2;/h1H3;1H4/q+1;. The van der Waals surface area contributed by atoms with Crippen LogP contribution in [0.5, 0.6) is 0 Å². The molecule has 1 nitrogen and oxygen atoms in total. The summed E-state index contributed by atoms with van der Waals surface area (Å²) in [5.74, 6) is 0. The van der Waals surface area contributed by atoms with E-state index in [0.717, 1.165) is 0 Å². The SMILES string of the molecule is C.C[S+]=O. The minimum Gasteiger partial charge on any atom is -0.0776 e. The molecule has 0 aliphatic rings. The van der Waals surface area contributed by atoms with Gasteiger partial charge in [-0.15, -0.1) is 0 Å². The van der Waals surface area contributed by atoms with E-state index in [9.17, 15) is 0 Å². The molecule has 0 spiro atoms. The van der Waals surface area contributed by atoms with Gasteiger partial charge in [0, 0.05) is 4.21 Å². The molecule has 0 unspecified atom stereocenters. The lowest BCUT2D eigenvalue weighted by atomic mass is 12.0. The van der Waals surface area contributed by atoms with Crippen LogP contribution in [0.25, 0.3) is 0 Å². The summed E-state index contributed by atoms with van der Waals surface area (Å²) < 4.78 is 8.85. The van der Waals surface area contributed by atoms with Gasteiger partial charge in [-0.3, -0.25) is 0 Å². The van der Waals surface area contributed by atoms with Gasteiger partial charge in [0.15, 0.2) is 0 Å². The van der Waals surface area contributed by atoms with E-state index in [1.807, 2.05) is 0 Å². The number of hydrogen-bond acceptors (Lipinski definition) is 1. The van der Waals surface area contributed by atoms with E-state index in [1.165, 1.54) is 6.26 Å². The van der Waals surface area contributed by atoms with Crippen molar-refractivity contribution in [1.82, 2.24) is 0 Å².